The number of hydrogen-bond acceptors (Lipinski definition) is 6. The molecule has 0 saturated carbocycles. The van der Waals surface area contributed by atoms with Gasteiger partial charge in [-0.2, -0.15) is 23.0 Å². The van der Waals surface area contributed by atoms with Crippen LogP contribution in [-0.4, -0.2) is 14.6 Å². The van der Waals surface area contributed by atoms with Crippen LogP contribution < -0.4 is 0 Å². The molecule has 0 radical (unpaired) electrons. The van der Waals surface area contributed by atoms with Crippen LogP contribution in [-0.2, 0) is 31.7 Å². The van der Waals surface area contributed by atoms with Crippen molar-refractivity contribution in [1.82, 2.24) is 0 Å². The summed E-state index contributed by atoms with van der Waals surface area (Å²) in [7, 11) is -3.83. The van der Waals surface area contributed by atoms with E-state index in [0.717, 1.165) is 39.8 Å². The summed E-state index contributed by atoms with van der Waals surface area (Å²) in [5.41, 5.74) is 7.89. The molecule has 0 bridgehead atoms. The lowest BCUT2D eigenvalue weighted by molar-refractivity contribution is -0.183. The zero-order chi connectivity index (χ0) is 31.7. The molecule has 5 aromatic rings. The molecule has 1 fully saturated rings. The van der Waals surface area contributed by atoms with Crippen LogP contribution in [0.2, 0.25) is 0 Å². The van der Waals surface area contributed by atoms with Gasteiger partial charge in [-0.1, -0.05) is 103 Å². The number of fused-ring (bicyclic) bond motifs is 2. The lowest BCUT2D eigenvalue weighted by atomic mass is 9.99. The zero-order valence-corrected chi connectivity index (χ0v) is 26.4. The lowest BCUT2D eigenvalue weighted by Crippen LogP contribution is -2.24. The van der Waals surface area contributed by atoms with E-state index in [1.165, 1.54) is 6.21 Å². The van der Waals surface area contributed by atoms with Crippen molar-refractivity contribution in [3.05, 3.63) is 160 Å². The third kappa shape index (κ3) is 5.83. The minimum absolute atomic E-state index is 0.147. The SMILES string of the molecule is Cc1ccc(S(=O)(=O)N=Cc2ccc(C)c(N=Nc3cccc4c3C3(CC4)O[C@@H](c4ccccc4)[C@H](c4ccccc4)O3)c2)cc1. The molecule has 46 heavy (non-hydrogen) atoms. The highest BCUT2D eigenvalue weighted by Crippen LogP contribution is 2.58. The van der Waals surface area contributed by atoms with E-state index >= 15 is 0 Å². The highest BCUT2D eigenvalue weighted by molar-refractivity contribution is 7.90. The van der Waals surface area contributed by atoms with Gasteiger partial charge in [0.25, 0.3) is 10.0 Å². The number of sulfonamides is 1. The molecule has 1 spiro atoms. The van der Waals surface area contributed by atoms with Gasteiger partial charge in [-0.05, 0) is 72.4 Å². The molecule has 0 unspecified atom stereocenters. The van der Waals surface area contributed by atoms with Crippen molar-refractivity contribution < 1.29 is 17.9 Å². The minimum atomic E-state index is -3.83. The van der Waals surface area contributed by atoms with Gasteiger partial charge in [-0.25, -0.2) is 0 Å². The smallest absolute Gasteiger partial charge is 0.282 e. The first kappa shape index (κ1) is 29.9. The molecular formula is C38H33N3O4S. The van der Waals surface area contributed by atoms with E-state index in [0.29, 0.717) is 23.4 Å². The van der Waals surface area contributed by atoms with Crippen LogP contribution in [0.15, 0.2) is 141 Å². The standard InChI is InChI=1S/C38H33N3O4S/c1-26-16-20-32(21-17-26)46(42,43)39-25-28-19-18-27(2)34(24-28)41-40-33-15-9-14-29-22-23-38(35(29)33)44-36(30-10-5-3-6-11-30)37(45-38)31-12-7-4-8-13-31/h3-21,24-25,36-37H,22-23H2,1-2H3/t36-,37-/m0/s1. The normalized spacial score (nSPS) is 18.9. The fourth-order valence-corrected chi connectivity index (χ4v) is 7.00. The Morgan fingerprint density at radius 2 is 1.35 bits per heavy atom. The molecule has 0 amide bonds. The molecular weight excluding hydrogens is 595 g/mol. The Morgan fingerprint density at radius 3 is 2.00 bits per heavy atom. The Morgan fingerprint density at radius 1 is 0.717 bits per heavy atom. The van der Waals surface area contributed by atoms with Crippen molar-refractivity contribution in [3.63, 3.8) is 0 Å². The Labute approximate surface area is 269 Å². The average Bonchev–Trinajstić information content (AvgIpc) is 3.66. The van der Waals surface area contributed by atoms with Gasteiger partial charge in [0.2, 0.25) is 0 Å². The highest BCUT2D eigenvalue weighted by Gasteiger charge is 2.54. The molecule has 7 rings (SSSR count). The Kier molecular flexibility index (Phi) is 7.94. The van der Waals surface area contributed by atoms with E-state index in [1.54, 1.807) is 30.3 Å². The molecule has 2 atom stereocenters. The van der Waals surface area contributed by atoms with E-state index in [1.807, 2.05) is 74.5 Å². The lowest BCUT2D eigenvalue weighted by Gasteiger charge is -2.25. The molecule has 8 heteroatoms. The number of aryl methyl sites for hydroxylation is 3. The van der Waals surface area contributed by atoms with Crippen LogP contribution in [0.4, 0.5) is 11.4 Å². The largest absolute Gasteiger partial charge is 0.335 e. The summed E-state index contributed by atoms with van der Waals surface area (Å²) < 4.78 is 43.3. The number of azo groups is 1. The molecule has 1 saturated heterocycles. The van der Waals surface area contributed by atoms with Crippen molar-refractivity contribution in [2.24, 2.45) is 14.6 Å². The second-order valence-electron chi connectivity index (χ2n) is 11.7. The minimum Gasteiger partial charge on any atom is -0.335 e. The Hall–Kier alpha value is -4.76. The third-order valence-corrected chi connectivity index (χ3v) is 9.81. The maximum absolute atomic E-state index is 12.8. The van der Waals surface area contributed by atoms with Gasteiger partial charge in [-0.15, -0.1) is 0 Å². The number of ether oxygens (including phenoxy) is 2. The second kappa shape index (κ2) is 12.2. The Bertz CT molecular complexity index is 2000. The Balaban J connectivity index is 1.20. The maximum atomic E-state index is 12.8. The fraction of sp³-hybridized carbons (Fsp3) is 0.184. The molecule has 0 N–H and O–H groups in total. The van der Waals surface area contributed by atoms with Gasteiger partial charge >= 0.3 is 0 Å². The van der Waals surface area contributed by atoms with Crippen LogP contribution in [0.25, 0.3) is 0 Å². The van der Waals surface area contributed by atoms with E-state index in [4.69, 9.17) is 14.6 Å². The summed E-state index contributed by atoms with van der Waals surface area (Å²) in [5, 5.41) is 9.37. The summed E-state index contributed by atoms with van der Waals surface area (Å²) in [4.78, 5) is 0.147. The molecule has 1 aliphatic heterocycles. The summed E-state index contributed by atoms with van der Waals surface area (Å²) in [5.74, 6) is -0.972. The monoisotopic (exact) mass is 627 g/mol. The zero-order valence-electron chi connectivity index (χ0n) is 25.6. The molecule has 1 aliphatic carbocycles. The molecule has 7 nitrogen and oxygen atoms in total. The van der Waals surface area contributed by atoms with Gasteiger partial charge < -0.3 is 9.47 Å². The number of hydrogen-bond donors (Lipinski definition) is 0. The molecule has 0 aromatic heterocycles. The summed E-state index contributed by atoms with van der Waals surface area (Å²) in [6.45, 7) is 3.84. The van der Waals surface area contributed by atoms with Crippen molar-refractivity contribution in [3.8, 4) is 0 Å². The van der Waals surface area contributed by atoms with Gasteiger partial charge in [-0.3, -0.25) is 0 Å². The quantitative estimate of drug-likeness (QED) is 0.133. The van der Waals surface area contributed by atoms with Gasteiger partial charge in [0.1, 0.15) is 12.2 Å². The predicted molar refractivity (Wildman–Crippen MR) is 178 cm³/mol. The van der Waals surface area contributed by atoms with E-state index in [2.05, 4.69) is 39.8 Å². The molecule has 230 valence electrons. The van der Waals surface area contributed by atoms with Crippen LogP contribution in [0.5, 0.6) is 0 Å². The molecule has 5 aromatic carbocycles. The van der Waals surface area contributed by atoms with E-state index in [9.17, 15) is 8.42 Å². The van der Waals surface area contributed by atoms with Gasteiger partial charge in [0.05, 0.1) is 16.3 Å². The van der Waals surface area contributed by atoms with E-state index < -0.39 is 15.8 Å². The van der Waals surface area contributed by atoms with Crippen molar-refractivity contribution in [2.75, 3.05) is 0 Å². The fourth-order valence-electron chi connectivity index (χ4n) is 6.13. The second-order valence-corrected chi connectivity index (χ2v) is 13.4. The average molecular weight is 628 g/mol. The van der Waals surface area contributed by atoms with Crippen LogP contribution in [0.1, 0.15) is 57.6 Å². The first-order chi connectivity index (χ1) is 22.3. The summed E-state index contributed by atoms with van der Waals surface area (Å²) in [6, 6.07) is 38.5. The van der Waals surface area contributed by atoms with Crippen molar-refractivity contribution in [2.45, 2.75) is 49.6 Å². The van der Waals surface area contributed by atoms with Crippen LogP contribution in [0, 0.1) is 13.8 Å². The van der Waals surface area contributed by atoms with Gasteiger partial charge in [0, 0.05) is 18.2 Å². The molecule has 1 heterocycles. The van der Waals surface area contributed by atoms with Crippen molar-refractivity contribution in [1.29, 1.82) is 0 Å². The van der Waals surface area contributed by atoms with Crippen LogP contribution >= 0.6 is 0 Å². The van der Waals surface area contributed by atoms with Gasteiger partial charge in [0.15, 0.2) is 5.79 Å². The maximum Gasteiger partial charge on any atom is 0.282 e. The molecule has 2 aliphatic rings. The summed E-state index contributed by atoms with van der Waals surface area (Å²) in [6.07, 6.45) is 2.21. The number of benzene rings is 5. The first-order valence-corrected chi connectivity index (χ1v) is 16.7. The predicted octanol–water partition coefficient (Wildman–Crippen LogP) is 9.16. The summed E-state index contributed by atoms with van der Waals surface area (Å²) >= 11 is 0. The van der Waals surface area contributed by atoms with Crippen molar-refractivity contribution >= 4 is 27.6 Å². The third-order valence-electron chi connectivity index (χ3n) is 8.56. The van der Waals surface area contributed by atoms with E-state index in [-0.39, 0.29) is 17.1 Å². The number of rotatable bonds is 7. The topological polar surface area (TPSA) is 89.7 Å². The first-order valence-electron chi connectivity index (χ1n) is 15.3. The van der Waals surface area contributed by atoms with Crippen LogP contribution in [0.3, 0.4) is 0 Å². The highest BCUT2D eigenvalue weighted by atomic mass is 32.2. The number of nitrogens with zero attached hydrogens (tertiary/aromatic N) is 3.